The van der Waals surface area contributed by atoms with Crippen LogP contribution in [0.3, 0.4) is 0 Å². The zero-order valence-corrected chi connectivity index (χ0v) is 18.8. The fourth-order valence-electron chi connectivity index (χ4n) is 3.74. The molecule has 0 spiro atoms. The van der Waals surface area contributed by atoms with E-state index in [0.29, 0.717) is 22.6 Å². The number of fused-ring (bicyclic) bond motifs is 1. The number of aromatic amines is 1. The van der Waals surface area contributed by atoms with Crippen molar-refractivity contribution in [3.63, 3.8) is 0 Å². The summed E-state index contributed by atoms with van der Waals surface area (Å²) in [5, 5.41) is 5.40. The molecule has 9 nitrogen and oxygen atoms in total. The van der Waals surface area contributed by atoms with Crippen LogP contribution in [0.1, 0.15) is 32.7 Å². The second-order valence-corrected chi connectivity index (χ2v) is 8.65. The molecule has 4 aromatic rings. The normalized spacial score (nSPS) is 13.3. The van der Waals surface area contributed by atoms with Crippen LogP contribution in [0.5, 0.6) is 0 Å². The quantitative estimate of drug-likeness (QED) is 0.423. The Balaban J connectivity index is 1.68. The van der Waals surface area contributed by atoms with Crippen molar-refractivity contribution in [2.45, 2.75) is 38.8 Å². The number of amides is 2. The van der Waals surface area contributed by atoms with E-state index < -0.39 is 11.5 Å². The van der Waals surface area contributed by atoms with Crippen LogP contribution in [0.15, 0.2) is 64.4 Å². The lowest BCUT2D eigenvalue weighted by atomic mass is 10.0. The van der Waals surface area contributed by atoms with Gasteiger partial charge in [-0.3, -0.25) is 9.59 Å². The number of hydrogen-bond donors (Lipinski definition) is 3. The summed E-state index contributed by atoms with van der Waals surface area (Å²) in [5.41, 5.74) is 2.45. The van der Waals surface area contributed by atoms with E-state index in [1.165, 1.54) is 12.3 Å². The Morgan fingerprint density at radius 1 is 1.03 bits per heavy atom. The van der Waals surface area contributed by atoms with Crippen LogP contribution in [0, 0.1) is 0 Å². The maximum atomic E-state index is 13.2. The summed E-state index contributed by atoms with van der Waals surface area (Å²) < 4.78 is 1.61. The average molecular weight is 457 g/mol. The molecule has 0 atom stereocenters. The van der Waals surface area contributed by atoms with Gasteiger partial charge in [0.2, 0.25) is 5.43 Å². The van der Waals surface area contributed by atoms with Gasteiger partial charge < -0.3 is 20.2 Å². The number of nitrogens with zero attached hydrogens (tertiary/aromatic N) is 3. The zero-order chi connectivity index (χ0) is 23.8. The van der Waals surface area contributed by atoms with Gasteiger partial charge >= 0.3 is 6.03 Å². The molecule has 3 heterocycles. The first-order valence-corrected chi connectivity index (χ1v) is 11.2. The SMILES string of the molecule is CC(C)n1cc(-c2nc3c(=O)c(NC(=O)NC4CC4)c[nH]c3nc2-c2ccccc2)ccc1=O. The zero-order valence-electron chi connectivity index (χ0n) is 18.8. The highest BCUT2D eigenvalue weighted by Crippen LogP contribution is 2.30. The van der Waals surface area contributed by atoms with Crippen molar-refractivity contribution in [2.75, 3.05) is 5.32 Å². The fraction of sp³-hybridized carbons (Fsp3) is 0.240. The number of aromatic nitrogens is 4. The number of benzene rings is 1. The molecule has 1 aliphatic carbocycles. The molecule has 5 rings (SSSR count). The van der Waals surface area contributed by atoms with Gasteiger partial charge in [-0.05, 0) is 32.8 Å². The highest BCUT2D eigenvalue weighted by Gasteiger charge is 2.24. The van der Waals surface area contributed by atoms with Gasteiger partial charge in [-0.1, -0.05) is 30.3 Å². The standard InChI is InChI=1S/C25H24N6O3/c1-14(2)31-13-16(8-11-19(31)32)21-20(15-6-4-3-5-7-15)30-24-22(29-21)23(33)18(12-26-24)28-25(34)27-17-9-10-17/h3-8,11-14,17H,9-10H2,1-2H3,(H,26,30,33)(H2,27,28,34). The summed E-state index contributed by atoms with van der Waals surface area (Å²) in [6, 6.07) is 12.4. The van der Waals surface area contributed by atoms with Crippen LogP contribution < -0.4 is 21.6 Å². The third kappa shape index (κ3) is 4.19. The summed E-state index contributed by atoms with van der Waals surface area (Å²) in [6.07, 6.45) is 5.04. The first-order valence-electron chi connectivity index (χ1n) is 11.2. The molecule has 9 heteroatoms. The van der Waals surface area contributed by atoms with Gasteiger partial charge in [0.05, 0.1) is 11.4 Å². The Morgan fingerprint density at radius 3 is 2.47 bits per heavy atom. The lowest BCUT2D eigenvalue weighted by Crippen LogP contribution is -2.32. The Bertz CT molecular complexity index is 1500. The van der Waals surface area contributed by atoms with Gasteiger partial charge in [0.1, 0.15) is 5.69 Å². The number of H-pyrrole nitrogens is 1. The molecule has 1 aliphatic rings. The van der Waals surface area contributed by atoms with Crippen LogP contribution in [0.2, 0.25) is 0 Å². The smallest absolute Gasteiger partial charge is 0.319 e. The van der Waals surface area contributed by atoms with Crippen molar-refractivity contribution < 1.29 is 4.79 Å². The predicted octanol–water partition coefficient (Wildman–Crippen LogP) is 3.68. The van der Waals surface area contributed by atoms with Gasteiger partial charge in [-0.25, -0.2) is 14.8 Å². The molecule has 3 aromatic heterocycles. The molecule has 172 valence electrons. The molecule has 0 bridgehead atoms. The lowest BCUT2D eigenvalue weighted by Gasteiger charge is -2.14. The number of hydrogen-bond acceptors (Lipinski definition) is 5. The lowest BCUT2D eigenvalue weighted by molar-refractivity contribution is 0.251. The minimum absolute atomic E-state index is 0.0507. The Hall–Kier alpha value is -4.27. The number of carbonyl (C=O) groups is 1. The van der Waals surface area contributed by atoms with E-state index in [1.807, 2.05) is 44.2 Å². The van der Waals surface area contributed by atoms with Crippen LogP contribution in [-0.4, -0.2) is 31.6 Å². The molecule has 1 fully saturated rings. The van der Waals surface area contributed by atoms with Gasteiger partial charge in [0.25, 0.3) is 5.56 Å². The molecule has 0 aliphatic heterocycles. The molecular formula is C25H24N6O3. The van der Waals surface area contributed by atoms with E-state index in [2.05, 4.69) is 15.6 Å². The average Bonchev–Trinajstić information content (AvgIpc) is 3.65. The monoisotopic (exact) mass is 456 g/mol. The van der Waals surface area contributed by atoms with E-state index in [1.54, 1.807) is 16.8 Å². The van der Waals surface area contributed by atoms with Crippen LogP contribution in [0.4, 0.5) is 10.5 Å². The second kappa shape index (κ2) is 8.58. The molecule has 3 N–H and O–H groups in total. The topological polar surface area (TPSA) is 122 Å². The molecule has 0 radical (unpaired) electrons. The number of carbonyl (C=O) groups excluding carboxylic acids is 1. The Labute approximate surface area is 194 Å². The van der Waals surface area contributed by atoms with Crippen LogP contribution >= 0.6 is 0 Å². The number of pyridine rings is 2. The van der Waals surface area contributed by atoms with Crippen molar-refractivity contribution in [2.24, 2.45) is 0 Å². The number of anilines is 1. The van der Waals surface area contributed by atoms with E-state index in [4.69, 9.17) is 9.97 Å². The van der Waals surface area contributed by atoms with Gasteiger partial charge in [-0.15, -0.1) is 0 Å². The number of urea groups is 1. The molecule has 1 saturated carbocycles. The largest absolute Gasteiger partial charge is 0.343 e. The molecular weight excluding hydrogens is 432 g/mol. The Morgan fingerprint density at radius 2 is 1.76 bits per heavy atom. The summed E-state index contributed by atoms with van der Waals surface area (Å²) in [6.45, 7) is 3.84. The van der Waals surface area contributed by atoms with Gasteiger partial charge in [0, 0.05) is 41.7 Å². The second-order valence-electron chi connectivity index (χ2n) is 8.65. The first kappa shape index (κ1) is 21.6. The van der Waals surface area contributed by atoms with E-state index in [-0.39, 0.29) is 28.8 Å². The molecule has 1 aromatic carbocycles. The fourth-order valence-corrected chi connectivity index (χ4v) is 3.74. The summed E-state index contributed by atoms with van der Waals surface area (Å²) in [5.74, 6) is 0. The van der Waals surface area contributed by atoms with Crippen molar-refractivity contribution in [1.29, 1.82) is 0 Å². The van der Waals surface area contributed by atoms with E-state index in [9.17, 15) is 14.4 Å². The van der Waals surface area contributed by atoms with E-state index >= 15 is 0 Å². The minimum atomic E-state index is -0.440. The molecule has 2 amide bonds. The third-order valence-corrected chi connectivity index (χ3v) is 5.68. The number of rotatable bonds is 5. The molecule has 0 saturated heterocycles. The van der Waals surface area contributed by atoms with Crippen LogP contribution in [-0.2, 0) is 0 Å². The van der Waals surface area contributed by atoms with Crippen molar-refractivity contribution in [3.05, 3.63) is 75.4 Å². The highest BCUT2D eigenvalue weighted by atomic mass is 16.2. The maximum Gasteiger partial charge on any atom is 0.319 e. The van der Waals surface area contributed by atoms with Gasteiger partial charge in [0.15, 0.2) is 11.2 Å². The van der Waals surface area contributed by atoms with Crippen LogP contribution in [0.25, 0.3) is 33.7 Å². The molecule has 34 heavy (non-hydrogen) atoms. The first-order chi connectivity index (χ1) is 16.4. The third-order valence-electron chi connectivity index (χ3n) is 5.68. The summed E-state index contributed by atoms with van der Waals surface area (Å²) >= 11 is 0. The minimum Gasteiger partial charge on any atom is -0.343 e. The molecule has 0 unspecified atom stereocenters. The Kier molecular flexibility index (Phi) is 5.45. The summed E-state index contributed by atoms with van der Waals surface area (Å²) in [7, 11) is 0. The van der Waals surface area contributed by atoms with Gasteiger partial charge in [-0.2, -0.15) is 0 Å². The number of nitrogens with one attached hydrogen (secondary N) is 3. The summed E-state index contributed by atoms with van der Waals surface area (Å²) in [4.78, 5) is 50.1. The van der Waals surface area contributed by atoms with E-state index in [0.717, 1.165) is 18.4 Å². The predicted molar refractivity (Wildman–Crippen MR) is 131 cm³/mol. The van der Waals surface area contributed by atoms with Crippen molar-refractivity contribution >= 4 is 22.9 Å². The maximum absolute atomic E-state index is 13.2. The highest BCUT2D eigenvalue weighted by molar-refractivity contribution is 5.92. The van der Waals surface area contributed by atoms with Crippen molar-refractivity contribution in [1.82, 2.24) is 24.8 Å². The van der Waals surface area contributed by atoms with Crippen molar-refractivity contribution in [3.8, 4) is 22.5 Å².